The van der Waals surface area contributed by atoms with Crippen LogP contribution in [0.1, 0.15) is 21.5 Å². The molecule has 0 bridgehead atoms. The zero-order chi connectivity index (χ0) is 16.1. The average Bonchev–Trinajstić information content (AvgIpc) is 2.61. The molecular formula is C18H16N4O. The van der Waals surface area contributed by atoms with Crippen LogP contribution in [0.4, 0.5) is 0 Å². The summed E-state index contributed by atoms with van der Waals surface area (Å²) >= 11 is 0. The van der Waals surface area contributed by atoms with Crippen LogP contribution < -0.4 is 5.32 Å². The van der Waals surface area contributed by atoms with Crippen LogP contribution in [0.2, 0.25) is 0 Å². The van der Waals surface area contributed by atoms with Gasteiger partial charge in [0.15, 0.2) is 0 Å². The normalized spacial score (nSPS) is 10.3. The van der Waals surface area contributed by atoms with Gasteiger partial charge in [-0.05, 0) is 42.3 Å². The zero-order valence-electron chi connectivity index (χ0n) is 12.7. The van der Waals surface area contributed by atoms with Gasteiger partial charge in [-0.1, -0.05) is 18.2 Å². The standard InChI is InChI=1S/C18H16N4O/c1-13-5-6-17(19-10-13)15-3-2-4-16(9-15)18(23)20-11-14-7-8-21-22-12-14/h2-10,12H,11H2,1H3,(H,20,23). The second kappa shape index (κ2) is 6.79. The van der Waals surface area contributed by atoms with Gasteiger partial charge in [-0.15, -0.1) is 0 Å². The van der Waals surface area contributed by atoms with Crippen LogP contribution >= 0.6 is 0 Å². The summed E-state index contributed by atoms with van der Waals surface area (Å²) in [6.45, 7) is 2.41. The molecule has 23 heavy (non-hydrogen) atoms. The Morgan fingerprint density at radius 2 is 2.00 bits per heavy atom. The first-order valence-electron chi connectivity index (χ1n) is 7.29. The zero-order valence-corrected chi connectivity index (χ0v) is 12.7. The van der Waals surface area contributed by atoms with E-state index >= 15 is 0 Å². The third-order valence-corrected chi connectivity index (χ3v) is 3.43. The van der Waals surface area contributed by atoms with Gasteiger partial charge in [-0.25, -0.2) is 0 Å². The van der Waals surface area contributed by atoms with E-state index < -0.39 is 0 Å². The molecule has 1 aromatic carbocycles. The summed E-state index contributed by atoms with van der Waals surface area (Å²) in [5, 5.41) is 10.4. The van der Waals surface area contributed by atoms with E-state index in [0.717, 1.165) is 22.4 Å². The minimum Gasteiger partial charge on any atom is -0.348 e. The average molecular weight is 304 g/mol. The second-order valence-electron chi connectivity index (χ2n) is 5.23. The van der Waals surface area contributed by atoms with Crippen LogP contribution in [-0.4, -0.2) is 21.1 Å². The minimum atomic E-state index is -0.129. The molecule has 1 amide bonds. The molecule has 0 atom stereocenters. The summed E-state index contributed by atoms with van der Waals surface area (Å²) in [6, 6.07) is 13.2. The van der Waals surface area contributed by atoms with Gasteiger partial charge >= 0.3 is 0 Å². The summed E-state index contributed by atoms with van der Waals surface area (Å²) in [4.78, 5) is 16.7. The fraction of sp³-hybridized carbons (Fsp3) is 0.111. The highest BCUT2D eigenvalue weighted by Gasteiger charge is 2.07. The summed E-state index contributed by atoms with van der Waals surface area (Å²) in [7, 11) is 0. The topological polar surface area (TPSA) is 67.8 Å². The monoisotopic (exact) mass is 304 g/mol. The highest BCUT2D eigenvalue weighted by atomic mass is 16.1. The Morgan fingerprint density at radius 3 is 2.74 bits per heavy atom. The summed E-state index contributed by atoms with van der Waals surface area (Å²) in [5.41, 5.74) is 4.39. The second-order valence-corrected chi connectivity index (χ2v) is 5.23. The summed E-state index contributed by atoms with van der Waals surface area (Å²) in [5.74, 6) is -0.129. The first-order chi connectivity index (χ1) is 11.2. The van der Waals surface area contributed by atoms with Crippen molar-refractivity contribution in [3.8, 4) is 11.3 Å². The molecule has 0 aliphatic rings. The molecule has 0 unspecified atom stereocenters. The van der Waals surface area contributed by atoms with Crippen molar-refractivity contribution in [1.29, 1.82) is 0 Å². The maximum atomic E-state index is 12.3. The molecule has 0 radical (unpaired) electrons. The molecule has 114 valence electrons. The lowest BCUT2D eigenvalue weighted by atomic mass is 10.1. The quantitative estimate of drug-likeness (QED) is 0.805. The van der Waals surface area contributed by atoms with Crippen molar-refractivity contribution in [3.05, 3.63) is 77.7 Å². The van der Waals surface area contributed by atoms with Crippen molar-refractivity contribution >= 4 is 5.91 Å². The van der Waals surface area contributed by atoms with Crippen molar-refractivity contribution in [2.75, 3.05) is 0 Å². The van der Waals surface area contributed by atoms with Crippen LogP contribution in [0.5, 0.6) is 0 Å². The van der Waals surface area contributed by atoms with Gasteiger partial charge in [0.05, 0.1) is 11.9 Å². The Balaban J connectivity index is 1.74. The smallest absolute Gasteiger partial charge is 0.251 e. The Labute approximate surface area is 134 Å². The fourth-order valence-electron chi connectivity index (χ4n) is 2.17. The molecule has 0 saturated heterocycles. The number of aromatic nitrogens is 3. The van der Waals surface area contributed by atoms with E-state index in [1.54, 1.807) is 18.5 Å². The van der Waals surface area contributed by atoms with Crippen LogP contribution in [0.25, 0.3) is 11.3 Å². The van der Waals surface area contributed by atoms with E-state index in [2.05, 4.69) is 20.5 Å². The molecule has 2 aromatic heterocycles. The summed E-state index contributed by atoms with van der Waals surface area (Å²) in [6.07, 6.45) is 5.05. The van der Waals surface area contributed by atoms with E-state index in [1.165, 1.54) is 0 Å². The van der Waals surface area contributed by atoms with Gasteiger partial charge in [0, 0.05) is 30.1 Å². The number of carbonyl (C=O) groups excluding carboxylic acids is 1. The highest BCUT2D eigenvalue weighted by molar-refractivity contribution is 5.95. The van der Waals surface area contributed by atoms with Crippen molar-refractivity contribution in [1.82, 2.24) is 20.5 Å². The third-order valence-electron chi connectivity index (χ3n) is 3.43. The molecule has 0 aliphatic heterocycles. The Kier molecular flexibility index (Phi) is 4.38. The number of carbonyl (C=O) groups is 1. The summed E-state index contributed by atoms with van der Waals surface area (Å²) < 4.78 is 0. The number of nitrogens with zero attached hydrogens (tertiary/aromatic N) is 3. The van der Waals surface area contributed by atoms with Gasteiger partial charge in [0.2, 0.25) is 0 Å². The molecule has 0 saturated carbocycles. The van der Waals surface area contributed by atoms with Crippen molar-refractivity contribution in [3.63, 3.8) is 0 Å². The van der Waals surface area contributed by atoms with Gasteiger partial charge < -0.3 is 5.32 Å². The number of pyridine rings is 1. The van der Waals surface area contributed by atoms with E-state index in [4.69, 9.17) is 0 Å². The Hall–Kier alpha value is -3.08. The molecule has 0 aliphatic carbocycles. The Bertz CT molecular complexity index is 801. The van der Waals surface area contributed by atoms with E-state index in [0.29, 0.717) is 12.1 Å². The molecule has 3 rings (SSSR count). The van der Waals surface area contributed by atoms with Crippen LogP contribution in [-0.2, 0) is 6.54 Å². The number of benzene rings is 1. The van der Waals surface area contributed by atoms with Gasteiger partial charge in [0.25, 0.3) is 5.91 Å². The SMILES string of the molecule is Cc1ccc(-c2cccc(C(=O)NCc3ccnnc3)c2)nc1. The number of hydrogen-bond donors (Lipinski definition) is 1. The highest BCUT2D eigenvalue weighted by Crippen LogP contribution is 2.18. The predicted molar refractivity (Wildman–Crippen MR) is 87.6 cm³/mol. The molecule has 2 heterocycles. The molecule has 5 heteroatoms. The Morgan fingerprint density at radius 1 is 1.09 bits per heavy atom. The van der Waals surface area contributed by atoms with E-state index in [9.17, 15) is 4.79 Å². The lowest BCUT2D eigenvalue weighted by Gasteiger charge is -2.07. The fourth-order valence-corrected chi connectivity index (χ4v) is 2.17. The number of amides is 1. The van der Waals surface area contributed by atoms with Crippen LogP contribution in [0, 0.1) is 6.92 Å². The van der Waals surface area contributed by atoms with Gasteiger partial charge in [0.1, 0.15) is 0 Å². The first-order valence-corrected chi connectivity index (χ1v) is 7.29. The van der Waals surface area contributed by atoms with Crippen molar-refractivity contribution in [2.45, 2.75) is 13.5 Å². The van der Waals surface area contributed by atoms with E-state index in [1.807, 2.05) is 49.5 Å². The number of nitrogens with one attached hydrogen (secondary N) is 1. The number of rotatable bonds is 4. The van der Waals surface area contributed by atoms with Gasteiger partial charge in [-0.3, -0.25) is 9.78 Å². The van der Waals surface area contributed by atoms with Gasteiger partial charge in [-0.2, -0.15) is 10.2 Å². The first kappa shape index (κ1) is 14.8. The minimum absolute atomic E-state index is 0.129. The lowest BCUT2D eigenvalue weighted by molar-refractivity contribution is 0.0951. The largest absolute Gasteiger partial charge is 0.348 e. The molecule has 0 spiro atoms. The predicted octanol–water partition coefficient (Wildman–Crippen LogP) is 2.78. The molecule has 3 aromatic rings. The molecular weight excluding hydrogens is 288 g/mol. The van der Waals surface area contributed by atoms with E-state index in [-0.39, 0.29) is 5.91 Å². The molecule has 0 fully saturated rings. The molecule has 1 N–H and O–H groups in total. The van der Waals surface area contributed by atoms with Crippen molar-refractivity contribution in [2.24, 2.45) is 0 Å². The number of aryl methyl sites for hydroxylation is 1. The third kappa shape index (κ3) is 3.77. The number of hydrogen-bond acceptors (Lipinski definition) is 4. The van der Waals surface area contributed by atoms with Crippen LogP contribution in [0.3, 0.4) is 0 Å². The lowest BCUT2D eigenvalue weighted by Crippen LogP contribution is -2.22. The maximum absolute atomic E-state index is 12.3. The maximum Gasteiger partial charge on any atom is 0.251 e. The van der Waals surface area contributed by atoms with Crippen molar-refractivity contribution < 1.29 is 4.79 Å². The van der Waals surface area contributed by atoms with Crippen LogP contribution in [0.15, 0.2) is 61.1 Å². The molecule has 5 nitrogen and oxygen atoms in total.